The lowest BCUT2D eigenvalue weighted by atomic mass is 9.91. The van der Waals surface area contributed by atoms with Crippen molar-refractivity contribution < 1.29 is 0 Å². The van der Waals surface area contributed by atoms with E-state index in [0.717, 1.165) is 18.5 Å². The normalized spacial score (nSPS) is 26.8. The minimum Gasteiger partial charge on any atom is -0.315 e. The monoisotopic (exact) mass is 266 g/mol. The van der Waals surface area contributed by atoms with E-state index in [4.69, 9.17) is 0 Å². The molecule has 2 aliphatic heterocycles. The molecule has 0 spiro atoms. The van der Waals surface area contributed by atoms with Crippen LogP contribution in [-0.4, -0.2) is 30.6 Å². The lowest BCUT2D eigenvalue weighted by Crippen LogP contribution is -2.44. The summed E-state index contributed by atoms with van der Waals surface area (Å²) < 4.78 is 0. The summed E-state index contributed by atoms with van der Waals surface area (Å²) in [5, 5.41) is 6.36. The second kappa shape index (κ2) is 5.19. The van der Waals surface area contributed by atoms with E-state index in [-0.39, 0.29) is 0 Å². The van der Waals surface area contributed by atoms with Gasteiger partial charge in [-0.1, -0.05) is 42.5 Å². The second-order valence-corrected chi connectivity index (χ2v) is 6.24. The molecule has 4 rings (SSSR count). The third-order valence-electron chi connectivity index (χ3n) is 5.05. The Kier molecular flexibility index (Phi) is 3.21. The second-order valence-electron chi connectivity index (χ2n) is 6.24. The van der Waals surface area contributed by atoms with Crippen LogP contribution in [0, 0.1) is 5.92 Å². The molecule has 2 aliphatic rings. The first kappa shape index (κ1) is 12.4. The van der Waals surface area contributed by atoms with E-state index >= 15 is 0 Å². The molecular weight excluding hydrogens is 244 g/mol. The zero-order valence-electron chi connectivity index (χ0n) is 11.9. The highest BCUT2D eigenvalue weighted by Crippen LogP contribution is 2.29. The first-order valence-corrected chi connectivity index (χ1v) is 7.83. The van der Waals surface area contributed by atoms with Crippen LogP contribution in [0.4, 0.5) is 0 Å². The number of hydrogen-bond acceptors (Lipinski definition) is 2. The minimum absolute atomic E-state index is 0.753. The molecule has 2 aromatic carbocycles. The molecule has 2 heterocycles. The van der Waals surface area contributed by atoms with Gasteiger partial charge in [0, 0.05) is 19.1 Å². The highest BCUT2D eigenvalue weighted by atomic mass is 15.2. The highest BCUT2D eigenvalue weighted by molar-refractivity contribution is 5.85. The lowest BCUT2D eigenvalue weighted by Gasteiger charge is -2.37. The van der Waals surface area contributed by atoms with Gasteiger partial charge in [0.15, 0.2) is 0 Å². The van der Waals surface area contributed by atoms with Crippen LogP contribution in [0.3, 0.4) is 0 Å². The summed E-state index contributed by atoms with van der Waals surface area (Å²) in [6.07, 6.45) is 2.76. The van der Waals surface area contributed by atoms with Crippen LogP contribution in [0.2, 0.25) is 0 Å². The van der Waals surface area contributed by atoms with E-state index in [1.165, 1.54) is 48.8 Å². The smallest absolute Gasteiger partial charge is 0.0264 e. The fourth-order valence-corrected chi connectivity index (χ4v) is 4.01. The van der Waals surface area contributed by atoms with Crippen molar-refractivity contribution >= 4 is 10.8 Å². The molecule has 0 aromatic heterocycles. The van der Waals surface area contributed by atoms with Gasteiger partial charge in [0.2, 0.25) is 0 Å². The van der Waals surface area contributed by atoms with E-state index < -0.39 is 0 Å². The van der Waals surface area contributed by atoms with E-state index in [1.807, 2.05) is 0 Å². The van der Waals surface area contributed by atoms with Crippen molar-refractivity contribution in [1.82, 2.24) is 10.2 Å². The Morgan fingerprint density at radius 2 is 1.95 bits per heavy atom. The number of nitrogens with one attached hydrogen (secondary N) is 1. The molecule has 0 saturated carbocycles. The van der Waals surface area contributed by atoms with Gasteiger partial charge in [-0.25, -0.2) is 0 Å². The van der Waals surface area contributed by atoms with Gasteiger partial charge in [0.05, 0.1) is 0 Å². The van der Waals surface area contributed by atoms with Gasteiger partial charge in [-0.05, 0) is 48.2 Å². The van der Waals surface area contributed by atoms with Crippen molar-refractivity contribution in [3.63, 3.8) is 0 Å². The van der Waals surface area contributed by atoms with Crippen molar-refractivity contribution in [1.29, 1.82) is 0 Å². The molecule has 2 atom stereocenters. The zero-order chi connectivity index (χ0) is 13.4. The Bertz CT molecular complexity index is 602. The summed E-state index contributed by atoms with van der Waals surface area (Å²) in [4.78, 5) is 2.70. The first-order chi connectivity index (χ1) is 9.92. The molecular formula is C18H22N2. The predicted molar refractivity (Wildman–Crippen MR) is 83.7 cm³/mol. The Morgan fingerprint density at radius 3 is 2.95 bits per heavy atom. The molecule has 2 saturated heterocycles. The largest absolute Gasteiger partial charge is 0.315 e. The third-order valence-corrected chi connectivity index (χ3v) is 5.05. The van der Waals surface area contributed by atoms with Crippen LogP contribution in [-0.2, 0) is 6.54 Å². The lowest BCUT2D eigenvalue weighted by molar-refractivity contribution is 0.118. The quantitative estimate of drug-likeness (QED) is 0.899. The summed E-state index contributed by atoms with van der Waals surface area (Å²) in [5.74, 6) is 0.874. The summed E-state index contributed by atoms with van der Waals surface area (Å²) in [6, 6.07) is 16.2. The van der Waals surface area contributed by atoms with Gasteiger partial charge >= 0.3 is 0 Å². The van der Waals surface area contributed by atoms with Crippen LogP contribution in [0.1, 0.15) is 18.4 Å². The summed E-state index contributed by atoms with van der Waals surface area (Å²) in [6.45, 7) is 4.75. The Balaban J connectivity index is 1.64. The molecule has 104 valence electrons. The fraction of sp³-hybridized carbons (Fsp3) is 0.444. The van der Waals surface area contributed by atoms with Crippen LogP contribution < -0.4 is 5.32 Å². The van der Waals surface area contributed by atoms with Crippen LogP contribution in [0.15, 0.2) is 42.5 Å². The molecule has 0 radical (unpaired) electrons. The first-order valence-electron chi connectivity index (χ1n) is 7.83. The summed E-state index contributed by atoms with van der Waals surface area (Å²) in [5.41, 5.74) is 1.48. The molecule has 2 heteroatoms. The van der Waals surface area contributed by atoms with Crippen LogP contribution >= 0.6 is 0 Å². The van der Waals surface area contributed by atoms with Crippen molar-refractivity contribution in [3.05, 3.63) is 48.0 Å². The molecule has 1 N–H and O–H groups in total. The molecule has 20 heavy (non-hydrogen) atoms. The number of nitrogens with zero attached hydrogens (tertiary/aromatic N) is 1. The Labute approximate surface area is 120 Å². The number of hydrogen-bond donors (Lipinski definition) is 1. The number of benzene rings is 2. The molecule has 0 amide bonds. The average molecular weight is 266 g/mol. The van der Waals surface area contributed by atoms with Crippen molar-refractivity contribution in [3.8, 4) is 0 Å². The Morgan fingerprint density at radius 1 is 1.05 bits per heavy atom. The third kappa shape index (κ3) is 2.13. The van der Waals surface area contributed by atoms with Crippen LogP contribution in [0.5, 0.6) is 0 Å². The SMILES string of the molecule is c1ccc2c(CN3CCCC4CNCC43)cccc2c1. The number of piperidine rings is 1. The number of rotatable bonds is 2. The molecule has 2 aromatic rings. The van der Waals surface area contributed by atoms with Gasteiger partial charge in [0.25, 0.3) is 0 Å². The summed E-state index contributed by atoms with van der Waals surface area (Å²) >= 11 is 0. The maximum absolute atomic E-state index is 3.58. The maximum Gasteiger partial charge on any atom is 0.0264 e. The van der Waals surface area contributed by atoms with Gasteiger partial charge in [-0.2, -0.15) is 0 Å². The van der Waals surface area contributed by atoms with Gasteiger partial charge in [0.1, 0.15) is 0 Å². The van der Waals surface area contributed by atoms with E-state index in [1.54, 1.807) is 0 Å². The van der Waals surface area contributed by atoms with E-state index in [9.17, 15) is 0 Å². The van der Waals surface area contributed by atoms with Crippen molar-refractivity contribution in [2.75, 3.05) is 19.6 Å². The average Bonchev–Trinajstić information content (AvgIpc) is 2.97. The van der Waals surface area contributed by atoms with Crippen molar-refractivity contribution in [2.24, 2.45) is 5.92 Å². The molecule has 2 fully saturated rings. The maximum atomic E-state index is 3.58. The predicted octanol–water partition coefficient (Wildman–Crippen LogP) is 3.02. The number of likely N-dealkylation sites (tertiary alicyclic amines) is 1. The van der Waals surface area contributed by atoms with Gasteiger partial charge in [-0.3, -0.25) is 4.90 Å². The van der Waals surface area contributed by atoms with Crippen molar-refractivity contribution in [2.45, 2.75) is 25.4 Å². The van der Waals surface area contributed by atoms with E-state index in [2.05, 4.69) is 52.7 Å². The molecule has 2 unspecified atom stereocenters. The van der Waals surface area contributed by atoms with Gasteiger partial charge < -0.3 is 5.32 Å². The summed E-state index contributed by atoms with van der Waals surface area (Å²) in [7, 11) is 0. The molecule has 2 nitrogen and oxygen atoms in total. The highest BCUT2D eigenvalue weighted by Gasteiger charge is 2.34. The molecule has 0 bridgehead atoms. The fourth-order valence-electron chi connectivity index (χ4n) is 4.01. The number of fused-ring (bicyclic) bond motifs is 2. The van der Waals surface area contributed by atoms with E-state index in [0.29, 0.717) is 0 Å². The topological polar surface area (TPSA) is 15.3 Å². The standard InChI is InChI=1S/C18H22N2/c1-2-9-17-14(5-1)6-3-7-16(17)13-20-10-4-8-15-11-19-12-18(15)20/h1-3,5-7,9,15,18-19H,4,8,10-13H2. The van der Waals surface area contributed by atoms with Gasteiger partial charge in [-0.15, -0.1) is 0 Å². The molecule has 0 aliphatic carbocycles. The zero-order valence-corrected chi connectivity index (χ0v) is 11.9. The minimum atomic E-state index is 0.753. The van der Waals surface area contributed by atoms with Crippen LogP contribution in [0.25, 0.3) is 10.8 Å². The Hall–Kier alpha value is -1.38.